The maximum atomic E-state index is 12.3. The first-order chi connectivity index (χ1) is 11.3. The van der Waals surface area contributed by atoms with Gasteiger partial charge >= 0.3 is 0 Å². The van der Waals surface area contributed by atoms with Crippen molar-refractivity contribution in [2.24, 2.45) is 0 Å². The van der Waals surface area contributed by atoms with E-state index < -0.39 is 0 Å². The largest absolute Gasteiger partial charge is 0.349 e. The van der Waals surface area contributed by atoms with Crippen LogP contribution in [0.2, 0.25) is 0 Å². The molecule has 4 aromatic rings. The number of nitrogens with zero attached hydrogens (tertiary/aromatic N) is 6. The van der Waals surface area contributed by atoms with E-state index in [4.69, 9.17) is 0 Å². The first-order valence-corrected chi connectivity index (χ1v) is 7.18. The first kappa shape index (κ1) is 13.4. The number of aromatic nitrogens is 6. The topological polar surface area (TPSA) is 90.0 Å². The molecule has 0 fully saturated rings. The molecule has 0 radical (unpaired) electrons. The molecule has 3 heterocycles. The summed E-state index contributed by atoms with van der Waals surface area (Å²) in [6, 6.07) is 13.0. The SMILES string of the molecule is O=C(NCCn1nnc2ccccc21)c1cccc2ncnn12. The molecule has 8 nitrogen and oxygen atoms in total. The second-order valence-electron chi connectivity index (χ2n) is 5.00. The fourth-order valence-corrected chi connectivity index (χ4v) is 2.47. The summed E-state index contributed by atoms with van der Waals surface area (Å²) in [4.78, 5) is 16.4. The molecule has 0 saturated heterocycles. The predicted octanol–water partition coefficient (Wildman–Crippen LogP) is 0.904. The normalized spacial score (nSPS) is 11.1. The van der Waals surface area contributed by atoms with Crippen LogP contribution >= 0.6 is 0 Å². The Morgan fingerprint density at radius 2 is 2.04 bits per heavy atom. The van der Waals surface area contributed by atoms with Gasteiger partial charge in [0.25, 0.3) is 5.91 Å². The number of pyridine rings is 1. The Balaban J connectivity index is 1.47. The highest BCUT2D eigenvalue weighted by atomic mass is 16.2. The monoisotopic (exact) mass is 307 g/mol. The van der Waals surface area contributed by atoms with E-state index in [1.165, 1.54) is 10.8 Å². The molecule has 3 aromatic heterocycles. The summed E-state index contributed by atoms with van der Waals surface area (Å²) in [5, 5.41) is 15.1. The van der Waals surface area contributed by atoms with Crippen molar-refractivity contribution in [3.8, 4) is 0 Å². The quantitative estimate of drug-likeness (QED) is 0.605. The summed E-state index contributed by atoms with van der Waals surface area (Å²) in [5.41, 5.74) is 2.87. The number of hydrogen-bond acceptors (Lipinski definition) is 5. The van der Waals surface area contributed by atoms with E-state index in [-0.39, 0.29) is 5.91 Å². The van der Waals surface area contributed by atoms with Gasteiger partial charge in [0.05, 0.1) is 12.1 Å². The zero-order valence-corrected chi connectivity index (χ0v) is 12.1. The second-order valence-corrected chi connectivity index (χ2v) is 5.00. The van der Waals surface area contributed by atoms with E-state index in [0.717, 1.165) is 11.0 Å². The van der Waals surface area contributed by atoms with Crippen molar-refractivity contribution < 1.29 is 4.79 Å². The maximum absolute atomic E-state index is 12.3. The maximum Gasteiger partial charge on any atom is 0.270 e. The van der Waals surface area contributed by atoms with Crippen LogP contribution in [0.3, 0.4) is 0 Å². The van der Waals surface area contributed by atoms with E-state index in [9.17, 15) is 4.79 Å². The molecule has 1 amide bonds. The molecule has 1 N–H and O–H groups in total. The zero-order valence-electron chi connectivity index (χ0n) is 12.1. The van der Waals surface area contributed by atoms with Crippen molar-refractivity contribution >= 4 is 22.6 Å². The Bertz CT molecular complexity index is 988. The van der Waals surface area contributed by atoms with Crippen molar-refractivity contribution in [3.05, 3.63) is 54.5 Å². The minimum absolute atomic E-state index is 0.203. The molecule has 0 aliphatic heterocycles. The Kier molecular flexibility index (Phi) is 3.19. The summed E-state index contributed by atoms with van der Waals surface area (Å²) in [7, 11) is 0. The highest BCUT2D eigenvalue weighted by molar-refractivity contribution is 5.93. The fraction of sp³-hybridized carbons (Fsp3) is 0.133. The molecule has 0 bridgehead atoms. The summed E-state index contributed by atoms with van der Waals surface area (Å²) < 4.78 is 3.28. The van der Waals surface area contributed by atoms with Crippen LogP contribution in [0.15, 0.2) is 48.8 Å². The Labute approximate surface area is 130 Å². The lowest BCUT2D eigenvalue weighted by molar-refractivity contribution is 0.0944. The number of hydrogen-bond donors (Lipinski definition) is 1. The average molecular weight is 307 g/mol. The van der Waals surface area contributed by atoms with Gasteiger partial charge in [0.2, 0.25) is 0 Å². The van der Waals surface area contributed by atoms with E-state index in [1.807, 2.05) is 24.3 Å². The number of para-hydroxylation sites is 1. The van der Waals surface area contributed by atoms with E-state index in [1.54, 1.807) is 22.9 Å². The minimum atomic E-state index is -0.203. The number of amides is 1. The van der Waals surface area contributed by atoms with Gasteiger partial charge in [-0.3, -0.25) is 4.79 Å². The molecular formula is C15H13N7O. The molecule has 0 spiro atoms. The van der Waals surface area contributed by atoms with Crippen molar-refractivity contribution in [2.45, 2.75) is 6.54 Å². The number of rotatable bonds is 4. The summed E-state index contributed by atoms with van der Waals surface area (Å²) in [6.45, 7) is 0.983. The van der Waals surface area contributed by atoms with Gasteiger partial charge < -0.3 is 5.32 Å². The zero-order chi connectivity index (χ0) is 15.6. The van der Waals surface area contributed by atoms with Crippen molar-refractivity contribution in [3.63, 3.8) is 0 Å². The lowest BCUT2D eigenvalue weighted by Gasteiger charge is -2.07. The van der Waals surface area contributed by atoms with Crippen LogP contribution in [0.4, 0.5) is 0 Å². The molecule has 0 aliphatic rings. The van der Waals surface area contributed by atoms with Crippen LogP contribution < -0.4 is 5.32 Å². The number of carbonyl (C=O) groups is 1. The van der Waals surface area contributed by atoms with Crippen LogP contribution in [-0.2, 0) is 6.54 Å². The molecule has 0 atom stereocenters. The second kappa shape index (κ2) is 5.48. The first-order valence-electron chi connectivity index (χ1n) is 7.18. The van der Waals surface area contributed by atoms with Crippen LogP contribution in [0.1, 0.15) is 10.5 Å². The van der Waals surface area contributed by atoms with Crippen molar-refractivity contribution in [2.75, 3.05) is 6.54 Å². The van der Waals surface area contributed by atoms with Gasteiger partial charge in [-0.05, 0) is 24.3 Å². The van der Waals surface area contributed by atoms with Gasteiger partial charge in [-0.1, -0.05) is 23.4 Å². The van der Waals surface area contributed by atoms with Crippen molar-refractivity contribution in [1.82, 2.24) is 34.9 Å². The third-order valence-electron chi connectivity index (χ3n) is 3.56. The molecule has 0 unspecified atom stereocenters. The summed E-state index contributed by atoms with van der Waals surface area (Å²) >= 11 is 0. The van der Waals surface area contributed by atoms with Crippen LogP contribution in [0.5, 0.6) is 0 Å². The summed E-state index contributed by atoms with van der Waals surface area (Å²) in [6.07, 6.45) is 1.42. The number of carbonyl (C=O) groups excluding carboxylic acids is 1. The lowest BCUT2D eigenvalue weighted by atomic mass is 10.3. The number of fused-ring (bicyclic) bond motifs is 2. The molecule has 0 saturated carbocycles. The Morgan fingerprint density at radius 3 is 3.00 bits per heavy atom. The van der Waals surface area contributed by atoms with E-state index in [2.05, 4.69) is 25.7 Å². The Morgan fingerprint density at radius 1 is 1.13 bits per heavy atom. The van der Waals surface area contributed by atoms with Crippen LogP contribution in [0, 0.1) is 0 Å². The number of nitrogens with one attached hydrogen (secondary N) is 1. The lowest BCUT2D eigenvalue weighted by Crippen LogP contribution is -2.29. The smallest absolute Gasteiger partial charge is 0.270 e. The molecule has 0 aliphatic carbocycles. The highest BCUT2D eigenvalue weighted by Gasteiger charge is 2.11. The average Bonchev–Trinajstić information content (AvgIpc) is 3.21. The van der Waals surface area contributed by atoms with Crippen molar-refractivity contribution in [1.29, 1.82) is 0 Å². The molecular weight excluding hydrogens is 294 g/mol. The van der Waals surface area contributed by atoms with Gasteiger partial charge in [0.15, 0.2) is 5.65 Å². The molecule has 114 valence electrons. The van der Waals surface area contributed by atoms with Gasteiger partial charge in [-0.25, -0.2) is 14.2 Å². The van der Waals surface area contributed by atoms with Gasteiger partial charge in [-0.15, -0.1) is 5.10 Å². The van der Waals surface area contributed by atoms with Gasteiger partial charge in [0.1, 0.15) is 17.5 Å². The fourth-order valence-electron chi connectivity index (χ4n) is 2.47. The van der Waals surface area contributed by atoms with Gasteiger partial charge in [0, 0.05) is 6.54 Å². The standard InChI is InChI=1S/C15H13N7O/c23-15(13-6-3-7-14-17-10-18-22(13)14)16-8-9-21-12-5-2-1-4-11(12)19-20-21/h1-7,10H,8-9H2,(H,16,23). The molecule has 8 heteroatoms. The van der Waals surface area contributed by atoms with Crippen LogP contribution in [-0.4, -0.2) is 42.0 Å². The van der Waals surface area contributed by atoms with E-state index >= 15 is 0 Å². The van der Waals surface area contributed by atoms with Crippen LogP contribution in [0.25, 0.3) is 16.7 Å². The highest BCUT2D eigenvalue weighted by Crippen LogP contribution is 2.09. The van der Waals surface area contributed by atoms with E-state index in [0.29, 0.717) is 24.4 Å². The minimum Gasteiger partial charge on any atom is -0.349 e. The Hall–Kier alpha value is -3.29. The molecule has 4 rings (SSSR count). The molecule has 1 aromatic carbocycles. The third-order valence-corrected chi connectivity index (χ3v) is 3.56. The molecule has 23 heavy (non-hydrogen) atoms. The predicted molar refractivity (Wildman–Crippen MR) is 82.8 cm³/mol. The van der Waals surface area contributed by atoms with Gasteiger partial charge in [-0.2, -0.15) is 5.10 Å². The summed E-state index contributed by atoms with van der Waals surface area (Å²) in [5.74, 6) is -0.203. The number of benzene rings is 1. The third kappa shape index (κ3) is 2.39.